The molecule has 0 N–H and O–H groups in total. The fraction of sp³-hybridized carbons (Fsp3) is 0. The predicted octanol–water partition coefficient (Wildman–Crippen LogP) is 13.6. The molecule has 0 aliphatic rings. The van der Waals surface area contributed by atoms with E-state index in [4.69, 9.17) is 9.47 Å². The number of nitrogens with zero attached hydrogens (tertiary/aromatic N) is 2. The fourth-order valence-electron chi connectivity index (χ4n) is 6.94. The SMILES string of the molecule is C=COc1ccc(N(c2ccccc2)c2cccc(-c3cccc(N(c4ccccc4)c4ccc(OC=C)c5ccccc45)c3)c2)c2ccccc12. The van der Waals surface area contributed by atoms with E-state index in [9.17, 15) is 0 Å². The van der Waals surface area contributed by atoms with Gasteiger partial charge >= 0.3 is 0 Å². The van der Waals surface area contributed by atoms with E-state index in [-0.39, 0.29) is 0 Å². The van der Waals surface area contributed by atoms with Gasteiger partial charge in [-0.2, -0.15) is 0 Å². The summed E-state index contributed by atoms with van der Waals surface area (Å²) in [5.74, 6) is 1.54. The molecule has 0 amide bonds. The third-order valence-electron chi connectivity index (χ3n) is 9.20. The van der Waals surface area contributed by atoms with Crippen LogP contribution in [0, 0.1) is 0 Å². The van der Waals surface area contributed by atoms with Crippen molar-refractivity contribution >= 4 is 55.7 Å². The molecule has 0 spiro atoms. The second-order valence-electron chi connectivity index (χ2n) is 12.3. The second-order valence-corrected chi connectivity index (χ2v) is 12.3. The van der Waals surface area contributed by atoms with Crippen molar-refractivity contribution in [1.29, 1.82) is 0 Å². The summed E-state index contributed by atoms with van der Waals surface area (Å²) in [6, 6.07) is 63.4. The van der Waals surface area contributed by atoms with Crippen LogP contribution in [0.2, 0.25) is 0 Å². The third kappa shape index (κ3) is 6.14. The number of fused-ring (bicyclic) bond motifs is 2. The first-order valence-electron chi connectivity index (χ1n) is 17.2. The van der Waals surface area contributed by atoms with Crippen LogP contribution in [0.5, 0.6) is 11.5 Å². The average molecular weight is 673 g/mol. The molecule has 0 saturated heterocycles. The van der Waals surface area contributed by atoms with Gasteiger partial charge in [0.25, 0.3) is 0 Å². The first-order valence-corrected chi connectivity index (χ1v) is 17.2. The number of hydrogen-bond donors (Lipinski definition) is 0. The molecule has 0 aliphatic carbocycles. The molecule has 52 heavy (non-hydrogen) atoms. The van der Waals surface area contributed by atoms with Crippen LogP contribution in [0.3, 0.4) is 0 Å². The van der Waals surface area contributed by atoms with Crippen LogP contribution in [-0.4, -0.2) is 0 Å². The first kappa shape index (κ1) is 32.2. The van der Waals surface area contributed by atoms with Crippen LogP contribution < -0.4 is 19.3 Å². The van der Waals surface area contributed by atoms with Crippen molar-refractivity contribution in [3.8, 4) is 22.6 Å². The third-order valence-corrected chi connectivity index (χ3v) is 9.20. The fourth-order valence-corrected chi connectivity index (χ4v) is 6.94. The van der Waals surface area contributed by atoms with Gasteiger partial charge in [0.05, 0.1) is 23.9 Å². The Morgan fingerprint density at radius 2 is 0.712 bits per heavy atom. The molecule has 0 aromatic heterocycles. The standard InChI is InChI=1S/C48H36N2O2/c1-3-51-47-31-29-45(41-25-11-13-27-43(41)47)49(37-19-7-5-8-20-37)39-23-15-17-35(33-39)36-18-16-24-40(34-36)50(38-21-9-6-10-22-38)46-30-32-48(52-4-2)44-28-14-12-26-42(44)46/h3-34H,1-2H2. The lowest BCUT2D eigenvalue weighted by Crippen LogP contribution is -2.11. The molecule has 250 valence electrons. The Labute approximate surface area is 304 Å². The van der Waals surface area contributed by atoms with Crippen molar-refractivity contribution in [3.05, 3.63) is 208 Å². The van der Waals surface area contributed by atoms with Crippen LogP contribution in [0.25, 0.3) is 32.7 Å². The van der Waals surface area contributed by atoms with Crippen molar-refractivity contribution in [2.75, 3.05) is 9.80 Å². The van der Waals surface area contributed by atoms with Crippen LogP contribution in [0.15, 0.2) is 208 Å². The van der Waals surface area contributed by atoms with Gasteiger partial charge in [0, 0.05) is 44.3 Å². The van der Waals surface area contributed by atoms with Gasteiger partial charge in [-0.3, -0.25) is 0 Å². The molecule has 0 saturated carbocycles. The molecule has 0 unspecified atom stereocenters. The second kappa shape index (κ2) is 14.4. The van der Waals surface area contributed by atoms with Gasteiger partial charge in [0.2, 0.25) is 0 Å². The van der Waals surface area contributed by atoms with Gasteiger partial charge in [0.1, 0.15) is 11.5 Å². The molecular weight excluding hydrogens is 637 g/mol. The Bertz CT molecular complexity index is 2350. The molecule has 0 heterocycles. The van der Waals surface area contributed by atoms with Crippen LogP contribution in [0.4, 0.5) is 34.1 Å². The largest absolute Gasteiger partial charge is 0.465 e. The highest BCUT2D eigenvalue weighted by Gasteiger charge is 2.20. The summed E-state index contributed by atoms with van der Waals surface area (Å²) in [4.78, 5) is 4.62. The topological polar surface area (TPSA) is 24.9 Å². The summed E-state index contributed by atoms with van der Waals surface area (Å²) in [6.07, 6.45) is 2.95. The minimum atomic E-state index is 0.770. The molecule has 4 nitrogen and oxygen atoms in total. The van der Waals surface area contributed by atoms with Crippen molar-refractivity contribution in [1.82, 2.24) is 0 Å². The lowest BCUT2D eigenvalue weighted by Gasteiger charge is -2.28. The lowest BCUT2D eigenvalue weighted by atomic mass is 10.0. The minimum absolute atomic E-state index is 0.770. The van der Waals surface area contributed by atoms with E-state index in [1.165, 1.54) is 12.5 Å². The zero-order valence-corrected chi connectivity index (χ0v) is 28.6. The zero-order chi connectivity index (χ0) is 35.3. The molecule has 8 aromatic rings. The maximum Gasteiger partial charge on any atom is 0.134 e. The van der Waals surface area contributed by atoms with Gasteiger partial charge < -0.3 is 19.3 Å². The highest BCUT2D eigenvalue weighted by atomic mass is 16.5. The van der Waals surface area contributed by atoms with Crippen LogP contribution in [0.1, 0.15) is 0 Å². The molecule has 0 radical (unpaired) electrons. The van der Waals surface area contributed by atoms with Crippen LogP contribution in [-0.2, 0) is 0 Å². The van der Waals surface area contributed by atoms with Crippen molar-refractivity contribution in [2.45, 2.75) is 0 Å². The number of para-hydroxylation sites is 2. The van der Waals surface area contributed by atoms with E-state index >= 15 is 0 Å². The van der Waals surface area contributed by atoms with E-state index in [1.807, 2.05) is 36.4 Å². The molecule has 0 aliphatic heterocycles. The average Bonchev–Trinajstić information content (AvgIpc) is 3.21. The molecule has 8 aromatic carbocycles. The highest BCUT2D eigenvalue weighted by molar-refractivity contribution is 6.03. The molecule has 0 bridgehead atoms. The predicted molar refractivity (Wildman–Crippen MR) is 218 cm³/mol. The summed E-state index contributed by atoms with van der Waals surface area (Å²) in [5.41, 5.74) is 8.50. The first-order chi connectivity index (χ1) is 25.7. The summed E-state index contributed by atoms with van der Waals surface area (Å²) < 4.78 is 11.6. The monoisotopic (exact) mass is 672 g/mol. The molecule has 4 heteroatoms. The summed E-state index contributed by atoms with van der Waals surface area (Å²) in [6.45, 7) is 7.57. The zero-order valence-electron chi connectivity index (χ0n) is 28.6. The molecule has 0 fully saturated rings. The Hall–Kier alpha value is -7.04. The Kier molecular flexibility index (Phi) is 8.94. The minimum Gasteiger partial charge on any atom is -0.465 e. The number of hydrogen-bond acceptors (Lipinski definition) is 4. The normalized spacial score (nSPS) is 10.8. The van der Waals surface area contributed by atoms with Crippen molar-refractivity contribution in [3.63, 3.8) is 0 Å². The maximum atomic E-state index is 5.81. The summed E-state index contributed by atoms with van der Waals surface area (Å²) in [7, 11) is 0. The Morgan fingerprint density at radius 3 is 1.12 bits per heavy atom. The van der Waals surface area contributed by atoms with E-state index in [2.05, 4.69) is 169 Å². The summed E-state index contributed by atoms with van der Waals surface area (Å²) in [5, 5.41) is 4.19. The Balaban J connectivity index is 1.26. The lowest BCUT2D eigenvalue weighted by molar-refractivity contribution is 0.489. The molecule has 0 atom stereocenters. The van der Waals surface area contributed by atoms with Gasteiger partial charge in [-0.15, -0.1) is 0 Å². The number of benzene rings is 8. The van der Waals surface area contributed by atoms with E-state index in [0.717, 1.165) is 78.3 Å². The molecular formula is C48H36N2O2. The van der Waals surface area contributed by atoms with Gasteiger partial charge in [-0.1, -0.05) is 122 Å². The van der Waals surface area contributed by atoms with Crippen LogP contribution >= 0.6 is 0 Å². The van der Waals surface area contributed by atoms with Gasteiger partial charge in [0.15, 0.2) is 0 Å². The maximum absolute atomic E-state index is 5.81. The van der Waals surface area contributed by atoms with Crippen molar-refractivity contribution in [2.24, 2.45) is 0 Å². The van der Waals surface area contributed by atoms with E-state index in [0.29, 0.717) is 0 Å². The number of anilines is 6. The number of rotatable bonds is 11. The van der Waals surface area contributed by atoms with E-state index < -0.39 is 0 Å². The smallest absolute Gasteiger partial charge is 0.134 e. The number of ether oxygens (including phenoxy) is 2. The van der Waals surface area contributed by atoms with Gasteiger partial charge in [-0.05, 0) is 83.9 Å². The highest BCUT2D eigenvalue weighted by Crippen LogP contribution is 2.45. The summed E-state index contributed by atoms with van der Waals surface area (Å²) >= 11 is 0. The van der Waals surface area contributed by atoms with Gasteiger partial charge in [-0.25, -0.2) is 0 Å². The quantitative estimate of drug-likeness (QED) is 0.128. The van der Waals surface area contributed by atoms with E-state index in [1.54, 1.807) is 0 Å². The molecule has 8 rings (SSSR count). The van der Waals surface area contributed by atoms with Crippen molar-refractivity contribution < 1.29 is 9.47 Å². The Morgan fingerprint density at radius 1 is 0.346 bits per heavy atom.